The van der Waals surface area contributed by atoms with Crippen LogP contribution in [-0.2, 0) is 0 Å². The van der Waals surface area contributed by atoms with E-state index in [1.165, 1.54) is 21.5 Å². The molecule has 88 valence electrons. The van der Waals surface area contributed by atoms with Gasteiger partial charge in [0.2, 0.25) is 0 Å². The van der Waals surface area contributed by atoms with Crippen LogP contribution < -0.4 is 5.46 Å². The van der Waals surface area contributed by atoms with E-state index in [1.54, 1.807) is 0 Å². The first kappa shape index (κ1) is 11.8. The fourth-order valence-corrected chi connectivity index (χ4v) is 2.80. The molecule has 0 fully saturated rings. The Balaban J connectivity index is 0.00000121. The first-order valence-corrected chi connectivity index (χ1v) is 6.35. The zero-order valence-corrected chi connectivity index (χ0v) is 17.6. The van der Waals surface area contributed by atoms with Gasteiger partial charge in [-0.25, -0.2) is 0 Å². The van der Waals surface area contributed by atoms with Crippen LogP contribution in [0.15, 0.2) is 60.7 Å². The van der Waals surface area contributed by atoms with Gasteiger partial charge < -0.3 is 0 Å². The van der Waals surface area contributed by atoms with Crippen molar-refractivity contribution in [1.29, 1.82) is 0 Å². The van der Waals surface area contributed by atoms with Crippen LogP contribution in [0.25, 0.3) is 32.3 Å². The molecule has 0 aliphatic heterocycles. The molecule has 0 saturated carbocycles. The number of rotatable bonds is 0. The van der Waals surface area contributed by atoms with E-state index in [0.29, 0.717) is 0 Å². The van der Waals surface area contributed by atoms with Crippen LogP contribution in [0.2, 0.25) is 0 Å². The molecule has 2 radical (unpaired) electrons. The maximum absolute atomic E-state index is 6.20. The zero-order valence-electron chi connectivity index (χ0n) is 11.1. The van der Waals surface area contributed by atoms with Crippen LogP contribution in [0, 0.1) is 6.07 Å². The third-order valence-electron chi connectivity index (χ3n) is 3.71. The predicted molar refractivity (Wildman–Crippen MR) is 83.2 cm³/mol. The smallest absolute Gasteiger partial charge is 0.114 e. The topological polar surface area (TPSA) is 0 Å². The first-order chi connectivity index (χ1) is 9.34. The standard InChI is InChI=1S/C18H10B.Bh/c19-18-11-17-13-6-2-1-5-12(13)9-10-15(17)14-7-3-4-8-16(14)18;/h1-8,10-11H;/q-1;. The molecule has 4 rings (SSSR count). The minimum atomic E-state index is 0. The number of hydrogen-bond acceptors (Lipinski definition) is 0. The fourth-order valence-electron chi connectivity index (χ4n) is 2.80. The molecule has 0 spiro atoms. The summed E-state index contributed by atoms with van der Waals surface area (Å²) in [5.74, 6) is 0. The van der Waals surface area contributed by atoms with E-state index in [0.717, 1.165) is 16.2 Å². The summed E-state index contributed by atoms with van der Waals surface area (Å²) in [7, 11) is 6.20. The quantitative estimate of drug-likeness (QED) is 0.194. The van der Waals surface area contributed by atoms with Crippen LogP contribution in [0.3, 0.4) is 0 Å². The fraction of sp³-hybridized carbons (Fsp3) is 0. The molecule has 0 N–H and O–H groups in total. The van der Waals surface area contributed by atoms with Crippen LogP contribution in [-0.4, -0.2) is 7.85 Å². The van der Waals surface area contributed by atoms with E-state index in [2.05, 4.69) is 54.6 Å². The maximum atomic E-state index is 6.20. The summed E-state index contributed by atoms with van der Waals surface area (Å²) in [5.41, 5.74) is 0.833. The van der Waals surface area contributed by atoms with Crippen molar-refractivity contribution < 1.29 is 0 Å². The van der Waals surface area contributed by atoms with Crippen LogP contribution in [0.4, 0.5) is 0 Å². The molecule has 0 amide bonds. The Hall–Kier alpha value is -3.28. The van der Waals surface area contributed by atoms with Crippen molar-refractivity contribution >= 4 is 45.6 Å². The average Bonchev–Trinajstić information content (AvgIpc) is 2.47. The van der Waals surface area contributed by atoms with Crippen molar-refractivity contribution in [2.75, 3.05) is 0 Å². The molecule has 0 aromatic heterocycles. The van der Waals surface area contributed by atoms with Gasteiger partial charge in [-0.15, -0.1) is 35.0 Å². The van der Waals surface area contributed by atoms with Gasteiger partial charge in [0, 0.05) is 0 Å². The van der Waals surface area contributed by atoms with Gasteiger partial charge in [0.15, 0.2) is 0 Å². The summed E-state index contributed by atoms with van der Waals surface area (Å²) < 4.78 is 0. The molecular weight excluding hydrogens is 497 g/mol. The van der Waals surface area contributed by atoms with Crippen LogP contribution >= 0.6 is 0 Å². The molecule has 2 heteroatoms. The van der Waals surface area contributed by atoms with Gasteiger partial charge in [-0.3, -0.25) is 0 Å². The van der Waals surface area contributed by atoms with Gasteiger partial charge >= 0.3 is 0 Å². The maximum Gasteiger partial charge on any atom is 0.114 e. The van der Waals surface area contributed by atoms with Gasteiger partial charge in [0.1, 0.15) is 7.85 Å². The molecule has 4 aromatic carbocycles. The summed E-state index contributed by atoms with van der Waals surface area (Å²) in [4.78, 5) is 0. The monoisotopic (exact) mass is 507 g/mol. The van der Waals surface area contributed by atoms with Gasteiger partial charge in [-0.05, 0) is 5.39 Å². The van der Waals surface area contributed by atoms with E-state index in [4.69, 9.17) is 7.85 Å². The second kappa shape index (κ2) is 4.13. The molecule has 0 aliphatic rings. The zero-order chi connectivity index (χ0) is 12.8. The first-order valence-electron chi connectivity index (χ1n) is 6.35. The van der Waals surface area contributed by atoms with Crippen molar-refractivity contribution in [3.8, 4) is 0 Å². The Bertz CT molecular complexity index is 928. The molecular formula is C18H10BBh-. The largest absolute Gasteiger partial charge is 0.143 e. The summed E-state index contributed by atoms with van der Waals surface area (Å²) in [6.07, 6.45) is 0. The summed E-state index contributed by atoms with van der Waals surface area (Å²) in [6, 6.07) is 24.1. The van der Waals surface area contributed by atoms with Crippen molar-refractivity contribution in [2.24, 2.45) is 0 Å². The van der Waals surface area contributed by atoms with Gasteiger partial charge in [-0.1, -0.05) is 64.1 Å². The number of hydrogen-bond donors (Lipinski definition) is 0. The van der Waals surface area contributed by atoms with E-state index >= 15 is 0 Å². The molecule has 0 bridgehead atoms. The van der Waals surface area contributed by atoms with Gasteiger partial charge in [0.05, 0.1) is 0 Å². The third-order valence-corrected chi connectivity index (χ3v) is 3.71. The van der Waals surface area contributed by atoms with Crippen molar-refractivity contribution in [1.82, 2.24) is 0 Å². The minimum Gasteiger partial charge on any atom is -0.143 e. The Morgan fingerprint density at radius 3 is 2.15 bits per heavy atom. The summed E-state index contributed by atoms with van der Waals surface area (Å²) in [5, 5.41) is 7.05. The molecule has 0 atom stereocenters. The molecule has 0 aliphatic carbocycles. The van der Waals surface area contributed by atoms with E-state index in [9.17, 15) is 0 Å². The molecule has 20 heavy (non-hydrogen) atoms. The molecule has 0 nitrogen and oxygen atoms in total. The average molecular weight is 507 g/mol. The number of fused-ring (bicyclic) bond motifs is 5. The molecule has 0 saturated heterocycles. The van der Waals surface area contributed by atoms with Crippen molar-refractivity contribution in [2.45, 2.75) is 0 Å². The normalized spacial score (nSPS) is 10.8. The number of benzene rings is 4. The van der Waals surface area contributed by atoms with Gasteiger partial charge in [0.25, 0.3) is 0 Å². The van der Waals surface area contributed by atoms with E-state index in [1.807, 2.05) is 12.1 Å². The Morgan fingerprint density at radius 2 is 1.35 bits per heavy atom. The second-order valence-corrected chi connectivity index (χ2v) is 4.81. The Morgan fingerprint density at radius 1 is 0.700 bits per heavy atom. The van der Waals surface area contributed by atoms with Crippen molar-refractivity contribution in [3.05, 3.63) is 66.7 Å². The van der Waals surface area contributed by atoms with Gasteiger partial charge in [-0.2, -0.15) is 0 Å². The Labute approximate surface area is 113 Å². The molecule has 0 heterocycles. The third kappa shape index (κ3) is 1.45. The molecule has 0 unspecified atom stereocenters. The molecule has 4 aromatic rings. The SMILES string of the molecule is [B]c1cc2c3ccccc3[c-]cc2c2ccccc12.[Bh]. The second-order valence-electron chi connectivity index (χ2n) is 4.81. The van der Waals surface area contributed by atoms with E-state index < -0.39 is 0 Å². The summed E-state index contributed by atoms with van der Waals surface area (Å²) >= 11 is 0. The van der Waals surface area contributed by atoms with Crippen LogP contribution in [0.5, 0.6) is 0 Å². The van der Waals surface area contributed by atoms with E-state index in [-0.39, 0.29) is 0 Å². The predicted octanol–water partition coefficient (Wildman–Crippen LogP) is 3.74. The van der Waals surface area contributed by atoms with Crippen molar-refractivity contribution in [3.63, 3.8) is 0 Å². The Kier molecular flexibility index (Phi) is 2.44. The van der Waals surface area contributed by atoms with Crippen LogP contribution in [0.1, 0.15) is 0 Å². The summed E-state index contributed by atoms with van der Waals surface area (Å²) in [6.45, 7) is 0. The minimum absolute atomic E-state index is 0.